The van der Waals surface area contributed by atoms with Gasteiger partial charge in [0, 0.05) is 37.3 Å². The number of piperidine rings is 1. The summed E-state index contributed by atoms with van der Waals surface area (Å²) in [4.78, 5) is 25.6. The molecule has 35 heavy (non-hydrogen) atoms. The van der Waals surface area contributed by atoms with Crippen LogP contribution in [0.3, 0.4) is 0 Å². The number of anilines is 1. The van der Waals surface area contributed by atoms with E-state index in [4.69, 9.17) is 10.7 Å². The molecule has 0 spiro atoms. The number of allylic oxidation sites excluding steroid dienone is 2. The van der Waals surface area contributed by atoms with Crippen molar-refractivity contribution in [3.8, 4) is 0 Å². The van der Waals surface area contributed by atoms with Gasteiger partial charge in [0.2, 0.25) is 5.95 Å². The normalized spacial score (nSPS) is 18.8. The van der Waals surface area contributed by atoms with Gasteiger partial charge in [-0.3, -0.25) is 9.78 Å². The van der Waals surface area contributed by atoms with Gasteiger partial charge in [-0.15, -0.1) is 0 Å². The van der Waals surface area contributed by atoms with E-state index in [1.165, 1.54) is 23.1 Å². The Morgan fingerprint density at radius 2 is 2.00 bits per heavy atom. The smallest absolute Gasteiger partial charge is 0.293 e. The first-order valence-electron chi connectivity index (χ1n) is 12.6. The number of benzene rings is 1. The second kappa shape index (κ2) is 9.26. The third-order valence-corrected chi connectivity index (χ3v) is 7.27. The highest BCUT2D eigenvalue weighted by Crippen LogP contribution is 2.27. The first-order chi connectivity index (χ1) is 17.2. The summed E-state index contributed by atoms with van der Waals surface area (Å²) in [6.45, 7) is 2.65. The Morgan fingerprint density at radius 1 is 1.09 bits per heavy atom. The van der Waals surface area contributed by atoms with Gasteiger partial charge in [0.1, 0.15) is 11.0 Å². The van der Waals surface area contributed by atoms with Crippen molar-refractivity contribution in [1.82, 2.24) is 24.3 Å². The van der Waals surface area contributed by atoms with Crippen LogP contribution in [0.2, 0.25) is 0 Å². The summed E-state index contributed by atoms with van der Waals surface area (Å²) in [5.41, 5.74) is 9.63. The molecule has 1 saturated heterocycles. The number of hydrogen-bond acceptors (Lipinski definition) is 6. The van der Waals surface area contributed by atoms with Gasteiger partial charge in [-0.1, -0.05) is 35.9 Å². The second-order valence-electron chi connectivity index (χ2n) is 9.77. The van der Waals surface area contributed by atoms with Crippen LogP contribution in [0.15, 0.2) is 59.2 Å². The zero-order valence-electron chi connectivity index (χ0n) is 19.9. The van der Waals surface area contributed by atoms with Gasteiger partial charge in [0.25, 0.3) is 5.56 Å². The van der Waals surface area contributed by atoms with Crippen molar-refractivity contribution in [2.75, 3.05) is 18.0 Å². The third-order valence-electron chi connectivity index (χ3n) is 7.27. The lowest BCUT2D eigenvalue weighted by atomic mass is 9.99. The molecule has 6 rings (SSSR count). The van der Waals surface area contributed by atoms with Gasteiger partial charge in [0.15, 0.2) is 0 Å². The zero-order chi connectivity index (χ0) is 23.8. The molecule has 2 N–H and O–H groups in total. The minimum atomic E-state index is -0.131. The van der Waals surface area contributed by atoms with E-state index in [9.17, 15) is 4.79 Å². The maximum Gasteiger partial charge on any atom is 0.293 e. The summed E-state index contributed by atoms with van der Waals surface area (Å²) in [6, 6.07) is 10.2. The Bertz CT molecular complexity index is 1460. The lowest BCUT2D eigenvalue weighted by molar-refractivity contribution is 0.494. The minimum Gasteiger partial charge on any atom is -0.341 e. The fourth-order valence-corrected chi connectivity index (χ4v) is 5.47. The SMILES string of the molecule is NC1CCCN(c2nc3cnn(Cc4nccc5ccccc45)c(=O)c3n2CC2=CCCCC2)C1. The van der Waals surface area contributed by atoms with E-state index < -0.39 is 0 Å². The van der Waals surface area contributed by atoms with Crippen molar-refractivity contribution >= 4 is 27.8 Å². The minimum absolute atomic E-state index is 0.123. The molecule has 1 unspecified atom stereocenters. The van der Waals surface area contributed by atoms with Crippen molar-refractivity contribution in [1.29, 1.82) is 0 Å². The fourth-order valence-electron chi connectivity index (χ4n) is 5.47. The monoisotopic (exact) mass is 469 g/mol. The largest absolute Gasteiger partial charge is 0.341 e. The highest BCUT2D eigenvalue weighted by atomic mass is 16.1. The quantitative estimate of drug-likeness (QED) is 0.449. The Balaban J connectivity index is 1.46. The average Bonchev–Trinajstić information content (AvgIpc) is 3.25. The van der Waals surface area contributed by atoms with Crippen LogP contribution in [-0.4, -0.2) is 43.4 Å². The van der Waals surface area contributed by atoms with E-state index in [-0.39, 0.29) is 11.6 Å². The summed E-state index contributed by atoms with van der Waals surface area (Å²) >= 11 is 0. The molecule has 1 aromatic carbocycles. The molecule has 0 radical (unpaired) electrons. The molecule has 180 valence electrons. The van der Waals surface area contributed by atoms with Crippen molar-refractivity contribution in [2.24, 2.45) is 5.73 Å². The van der Waals surface area contributed by atoms with Crippen LogP contribution in [0.1, 0.15) is 44.2 Å². The fraction of sp³-hybridized carbons (Fsp3) is 0.407. The second-order valence-corrected chi connectivity index (χ2v) is 9.77. The molecule has 8 nitrogen and oxygen atoms in total. The van der Waals surface area contributed by atoms with Crippen LogP contribution >= 0.6 is 0 Å². The van der Waals surface area contributed by atoms with Crippen molar-refractivity contribution < 1.29 is 0 Å². The maximum absolute atomic E-state index is 13.8. The van der Waals surface area contributed by atoms with E-state index in [1.54, 1.807) is 12.4 Å². The first-order valence-corrected chi connectivity index (χ1v) is 12.6. The lowest BCUT2D eigenvalue weighted by Gasteiger charge is -2.32. The third kappa shape index (κ3) is 4.23. The number of aromatic nitrogens is 5. The summed E-state index contributed by atoms with van der Waals surface area (Å²) < 4.78 is 3.64. The number of imidazole rings is 1. The zero-order valence-corrected chi connectivity index (χ0v) is 19.9. The number of hydrogen-bond donors (Lipinski definition) is 1. The predicted octanol–water partition coefficient (Wildman–Crippen LogP) is 3.62. The van der Waals surface area contributed by atoms with Gasteiger partial charge in [0.05, 0.1) is 18.4 Å². The van der Waals surface area contributed by atoms with Crippen molar-refractivity contribution in [2.45, 2.75) is 57.7 Å². The Kier molecular flexibility index (Phi) is 5.82. The van der Waals surface area contributed by atoms with Gasteiger partial charge in [-0.2, -0.15) is 5.10 Å². The number of rotatable bonds is 5. The molecule has 4 heterocycles. The van der Waals surface area contributed by atoms with E-state index >= 15 is 0 Å². The maximum atomic E-state index is 13.8. The number of fused-ring (bicyclic) bond motifs is 2. The molecule has 4 aromatic rings. The molecule has 0 bridgehead atoms. The Labute approximate surface area is 204 Å². The molecular weight excluding hydrogens is 438 g/mol. The highest BCUT2D eigenvalue weighted by Gasteiger charge is 2.25. The van der Waals surface area contributed by atoms with Crippen molar-refractivity contribution in [3.05, 3.63) is 70.4 Å². The van der Waals surface area contributed by atoms with Crippen LogP contribution in [-0.2, 0) is 13.1 Å². The molecule has 0 saturated carbocycles. The van der Waals surface area contributed by atoms with Crippen LogP contribution < -0.4 is 16.2 Å². The van der Waals surface area contributed by atoms with Crippen LogP contribution in [0.4, 0.5) is 5.95 Å². The van der Waals surface area contributed by atoms with E-state index in [2.05, 4.69) is 31.7 Å². The number of nitrogens with zero attached hydrogens (tertiary/aromatic N) is 6. The van der Waals surface area contributed by atoms with Gasteiger partial charge in [-0.05, 0) is 50.0 Å². The standard InChI is InChI=1S/C27H31N7O/c28-21-10-6-14-32(17-21)27-31-23-15-30-34(18-24-22-11-5-4-9-20(22)12-13-29-24)26(35)25(23)33(27)16-19-7-2-1-3-8-19/h4-5,7,9,11-13,15,21H,1-3,6,8,10,14,16-18,28H2. The summed E-state index contributed by atoms with van der Waals surface area (Å²) in [5, 5.41) is 6.64. The van der Waals surface area contributed by atoms with E-state index in [1.807, 2.05) is 24.3 Å². The number of pyridine rings is 1. The topological polar surface area (TPSA) is 94.9 Å². The Hall–Kier alpha value is -3.52. The van der Waals surface area contributed by atoms with Crippen LogP contribution in [0.25, 0.3) is 21.8 Å². The summed E-state index contributed by atoms with van der Waals surface area (Å²) in [6.07, 6.45) is 12.5. The highest BCUT2D eigenvalue weighted by molar-refractivity contribution is 5.84. The predicted molar refractivity (Wildman–Crippen MR) is 139 cm³/mol. The molecule has 0 amide bonds. The summed E-state index contributed by atoms with van der Waals surface area (Å²) in [7, 11) is 0. The van der Waals surface area contributed by atoms with Gasteiger partial charge in [-0.25, -0.2) is 9.67 Å². The average molecular weight is 470 g/mol. The lowest BCUT2D eigenvalue weighted by Crippen LogP contribution is -2.44. The molecule has 2 aliphatic rings. The molecule has 1 aliphatic heterocycles. The molecular formula is C27H31N7O. The molecule has 1 fully saturated rings. The van der Waals surface area contributed by atoms with E-state index in [0.717, 1.165) is 61.2 Å². The van der Waals surface area contributed by atoms with Gasteiger partial charge >= 0.3 is 0 Å². The number of nitrogens with two attached hydrogens (primary N) is 1. The van der Waals surface area contributed by atoms with Gasteiger partial charge < -0.3 is 15.2 Å². The molecule has 1 atom stereocenters. The molecule has 3 aromatic heterocycles. The van der Waals surface area contributed by atoms with Crippen LogP contribution in [0.5, 0.6) is 0 Å². The van der Waals surface area contributed by atoms with E-state index in [0.29, 0.717) is 24.1 Å². The first kappa shape index (κ1) is 22.0. The summed E-state index contributed by atoms with van der Waals surface area (Å²) in [5.74, 6) is 0.835. The molecule has 1 aliphatic carbocycles. The molecule has 8 heteroatoms. The van der Waals surface area contributed by atoms with Crippen LogP contribution in [0, 0.1) is 0 Å². The van der Waals surface area contributed by atoms with Crippen molar-refractivity contribution in [3.63, 3.8) is 0 Å². The Morgan fingerprint density at radius 3 is 2.86 bits per heavy atom.